The maximum Gasteiger partial charge on any atom is 0.0306 e. The molecule has 0 spiro atoms. The van der Waals surface area contributed by atoms with E-state index in [1.54, 1.807) is 0 Å². The van der Waals surface area contributed by atoms with Gasteiger partial charge in [0.1, 0.15) is 0 Å². The van der Waals surface area contributed by atoms with E-state index in [0.717, 1.165) is 12.6 Å². The molecule has 2 atom stereocenters. The summed E-state index contributed by atoms with van der Waals surface area (Å²) in [4.78, 5) is 2.77. The molecule has 114 valence electrons. The first-order valence-electron chi connectivity index (χ1n) is 8.64. The first-order chi connectivity index (χ1) is 9.18. The van der Waals surface area contributed by atoms with Crippen molar-refractivity contribution in [1.29, 1.82) is 0 Å². The fourth-order valence-corrected chi connectivity index (χ4v) is 3.64. The summed E-state index contributed by atoms with van der Waals surface area (Å²) in [7, 11) is 0. The van der Waals surface area contributed by atoms with Crippen molar-refractivity contribution < 1.29 is 0 Å². The van der Waals surface area contributed by atoms with Gasteiger partial charge in [-0.25, -0.2) is 0 Å². The van der Waals surface area contributed by atoms with Gasteiger partial charge in [0.2, 0.25) is 0 Å². The van der Waals surface area contributed by atoms with Crippen LogP contribution in [-0.4, -0.2) is 29.6 Å². The molecule has 2 N–H and O–H groups in total. The van der Waals surface area contributed by atoms with E-state index >= 15 is 0 Å². The Morgan fingerprint density at radius 1 is 1.11 bits per heavy atom. The highest BCUT2D eigenvalue weighted by Crippen LogP contribution is 2.31. The number of piperidine rings is 1. The minimum Gasteiger partial charge on any atom is -0.329 e. The third-order valence-corrected chi connectivity index (χ3v) is 4.95. The predicted molar refractivity (Wildman–Crippen MR) is 85.5 cm³/mol. The molecule has 1 aliphatic rings. The summed E-state index contributed by atoms with van der Waals surface area (Å²) in [6.07, 6.45) is 13.5. The van der Waals surface area contributed by atoms with Crippen LogP contribution in [0.2, 0.25) is 0 Å². The first-order valence-corrected chi connectivity index (χ1v) is 8.64. The van der Waals surface area contributed by atoms with Gasteiger partial charge in [0.25, 0.3) is 0 Å². The van der Waals surface area contributed by atoms with Gasteiger partial charge in [-0.1, -0.05) is 52.4 Å². The van der Waals surface area contributed by atoms with Gasteiger partial charge in [0.15, 0.2) is 0 Å². The number of nitrogens with two attached hydrogens (primary N) is 1. The zero-order chi connectivity index (χ0) is 14.1. The van der Waals surface area contributed by atoms with Crippen molar-refractivity contribution in [2.75, 3.05) is 13.1 Å². The lowest BCUT2D eigenvalue weighted by Crippen LogP contribution is -2.57. The lowest BCUT2D eigenvalue weighted by Gasteiger charge is -2.48. The molecule has 1 fully saturated rings. The third-order valence-electron chi connectivity index (χ3n) is 4.95. The Bertz CT molecular complexity index is 227. The van der Waals surface area contributed by atoms with E-state index in [4.69, 9.17) is 5.73 Å². The molecule has 0 saturated carbocycles. The van der Waals surface area contributed by atoms with Gasteiger partial charge in [-0.15, -0.1) is 0 Å². The zero-order valence-corrected chi connectivity index (χ0v) is 13.6. The SMILES string of the molecule is CCCCCCC(C)(CN)N1CCCCC1CCC. The summed E-state index contributed by atoms with van der Waals surface area (Å²) in [5, 5.41) is 0. The smallest absolute Gasteiger partial charge is 0.0306 e. The zero-order valence-electron chi connectivity index (χ0n) is 13.6. The molecule has 2 nitrogen and oxygen atoms in total. The normalized spacial score (nSPS) is 24.3. The van der Waals surface area contributed by atoms with Crippen molar-refractivity contribution in [3.63, 3.8) is 0 Å². The Hall–Kier alpha value is -0.0800. The summed E-state index contributed by atoms with van der Waals surface area (Å²) in [5.74, 6) is 0. The van der Waals surface area contributed by atoms with E-state index in [2.05, 4.69) is 25.7 Å². The van der Waals surface area contributed by atoms with Crippen molar-refractivity contribution in [2.45, 2.75) is 96.6 Å². The molecule has 1 saturated heterocycles. The number of unbranched alkanes of at least 4 members (excludes halogenated alkanes) is 3. The lowest BCUT2D eigenvalue weighted by molar-refractivity contribution is 0.0220. The number of rotatable bonds is 9. The van der Waals surface area contributed by atoms with Crippen molar-refractivity contribution in [2.24, 2.45) is 5.73 Å². The molecule has 1 heterocycles. The highest BCUT2D eigenvalue weighted by molar-refractivity contribution is 4.93. The average Bonchev–Trinajstić information content (AvgIpc) is 2.44. The molecule has 0 bridgehead atoms. The molecule has 0 amide bonds. The van der Waals surface area contributed by atoms with Gasteiger partial charge < -0.3 is 5.73 Å². The largest absolute Gasteiger partial charge is 0.329 e. The molecule has 19 heavy (non-hydrogen) atoms. The van der Waals surface area contributed by atoms with E-state index in [1.165, 1.54) is 70.8 Å². The van der Waals surface area contributed by atoms with Crippen LogP contribution in [0.3, 0.4) is 0 Å². The van der Waals surface area contributed by atoms with Crippen LogP contribution in [0.25, 0.3) is 0 Å². The highest BCUT2D eigenvalue weighted by atomic mass is 15.2. The second kappa shape index (κ2) is 8.97. The molecule has 0 radical (unpaired) electrons. The van der Waals surface area contributed by atoms with Crippen LogP contribution in [0.5, 0.6) is 0 Å². The maximum atomic E-state index is 6.17. The molecular weight excluding hydrogens is 232 g/mol. The van der Waals surface area contributed by atoms with Crippen LogP contribution in [-0.2, 0) is 0 Å². The molecule has 2 heteroatoms. The molecule has 0 aromatic carbocycles. The molecule has 0 aliphatic carbocycles. The molecular formula is C17H36N2. The summed E-state index contributed by atoms with van der Waals surface area (Å²) >= 11 is 0. The number of hydrogen-bond acceptors (Lipinski definition) is 2. The number of likely N-dealkylation sites (tertiary alicyclic amines) is 1. The summed E-state index contributed by atoms with van der Waals surface area (Å²) in [6, 6.07) is 0.790. The monoisotopic (exact) mass is 268 g/mol. The van der Waals surface area contributed by atoms with Gasteiger partial charge in [-0.3, -0.25) is 4.90 Å². The van der Waals surface area contributed by atoms with Crippen molar-refractivity contribution >= 4 is 0 Å². The van der Waals surface area contributed by atoms with Crippen molar-refractivity contribution in [3.05, 3.63) is 0 Å². The fourth-order valence-electron chi connectivity index (χ4n) is 3.64. The molecule has 0 aromatic rings. The first kappa shape index (κ1) is 17.0. The standard InChI is InChI=1S/C17H36N2/c1-4-6-7-9-13-17(3,15-18)19-14-10-8-12-16(19)11-5-2/h16H,4-15,18H2,1-3H3. The molecule has 2 unspecified atom stereocenters. The van der Waals surface area contributed by atoms with E-state index in [9.17, 15) is 0 Å². The van der Waals surface area contributed by atoms with Gasteiger partial charge in [-0.05, 0) is 39.2 Å². The Morgan fingerprint density at radius 2 is 1.89 bits per heavy atom. The minimum absolute atomic E-state index is 0.244. The van der Waals surface area contributed by atoms with Gasteiger partial charge in [0, 0.05) is 18.1 Å². The van der Waals surface area contributed by atoms with Gasteiger partial charge in [-0.2, -0.15) is 0 Å². The van der Waals surface area contributed by atoms with Crippen molar-refractivity contribution in [3.8, 4) is 0 Å². The van der Waals surface area contributed by atoms with E-state index in [-0.39, 0.29) is 5.54 Å². The van der Waals surface area contributed by atoms with E-state index < -0.39 is 0 Å². The average molecular weight is 268 g/mol. The third kappa shape index (κ3) is 5.07. The molecule has 1 rings (SSSR count). The quantitative estimate of drug-likeness (QED) is 0.631. The number of hydrogen-bond donors (Lipinski definition) is 1. The van der Waals surface area contributed by atoms with E-state index in [0.29, 0.717) is 0 Å². The van der Waals surface area contributed by atoms with Gasteiger partial charge >= 0.3 is 0 Å². The van der Waals surface area contributed by atoms with Crippen LogP contribution in [0.1, 0.15) is 85.0 Å². The summed E-state index contributed by atoms with van der Waals surface area (Å²) in [6.45, 7) is 9.09. The summed E-state index contributed by atoms with van der Waals surface area (Å²) < 4.78 is 0. The molecule has 1 aliphatic heterocycles. The second-order valence-electron chi connectivity index (χ2n) is 6.64. The second-order valence-corrected chi connectivity index (χ2v) is 6.64. The van der Waals surface area contributed by atoms with Gasteiger partial charge in [0.05, 0.1) is 0 Å². The van der Waals surface area contributed by atoms with Crippen molar-refractivity contribution in [1.82, 2.24) is 4.90 Å². The fraction of sp³-hybridized carbons (Fsp3) is 1.00. The lowest BCUT2D eigenvalue weighted by atomic mass is 9.86. The van der Waals surface area contributed by atoms with Crippen LogP contribution >= 0.6 is 0 Å². The van der Waals surface area contributed by atoms with Crippen LogP contribution in [0, 0.1) is 0 Å². The highest BCUT2D eigenvalue weighted by Gasteiger charge is 2.35. The Morgan fingerprint density at radius 3 is 2.53 bits per heavy atom. The minimum atomic E-state index is 0.244. The van der Waals surface area contributed by atoms with Crippen LogP contribution < -0.4 is 5.73 Å². The van der Waals surface area contributed by atoms with Crippen LogP contribution in [0.15, 0.2) is 0 Å². The van der Waals surface area contributed by atoms with E-state index in [1.807, 2.05) is 0 Å². The number of nitrogens with zero attached hydrogens (tertiary/aromatic N) is 1. The summed E-state index contributed by atoms with van der Waals surface area (Å²) in [5.41, 5.74) is 6.41. The Labute approximate surface area is 121 Å². The Kier molecular flexibility index (Phi) is 8.01. The predicted octanol–water partition coefficient (Wildman–Crippen LogP) is 4.33. The van der Waals surface area contributed by atoms with Crippen LogP contribution in [0.4, 0.5) is 0 Å². The molecule has 0 aromatic heterocycles. The topological polar surface area (TPSA) is 29.3 Å². The maximum absolute atomic E-state index is 6.17. The Balaban J connectivity index is 2.57.